The Morgan fingerprint density at radius 3 is 2.55 bits per heavy atom. The largest absolute Gasteiger partial charge is 0.381 e. The fourth-order valence-electron chi connectivity index (χ4n) is 2.74. The highest BCUT2D eigenvalue weighted by molar-refractivity contribution is 5.94. The molecule has 0 aromatic heterocycles. The van der Waals surface area contributed by atoms with Gasteiger partial charge in [0.15, 0.2) is 0 Å². The van der Waals surface area contributed by atoms with Crippen LogP contribution in [0, 0.1) is 5.92 Å². The maximum absolute atomic E-state index is 12.7. The Hall–Kier alpha value is -1.39. The van der Waals surface area contributed by atoms with Gasteiger partial charge in [-0.2, -0.15) is 0 Å². The van der Waals surface area contributed by atoms with Crippen LogP contribution in [0.3, 0.4) is 0 Å². The molecule has 1 saturated heterocycles. The van der Waals surface area contributed by atoms with Crippen molar-refractivity contribution in [1.29, 1.82) is 0 Å². The van der Waals surface area contributed by atoms with Gasteiger partial charge in [-0.25, -0.2) is 0 Å². The summed E-state index contributed by atoms with van der Waals surface area (Å²) < 4.78 is 5.42. The van der Waals surface area contributed by atoms with Crippen molar-refractivity contribution in [3.8, 4) is 0 Å². The molecule has 108 valence electrons. The highest BCUT2D eigenvalue weighted by Gasteiger charge is 2.35. The van der Waals surface area contributed by atoms with Crippen LogP contribution in [0.5, 0.6) is 0 Å². The van der Waals surface area contributed by atoms with Crippen LogP contribution >= 0.6 is 0 Å². The molecule has 0 spiro atoms. The number of hydrogen-bond donors (Lipinski definition) is 1. The number of ether oxygens (including phenoxy) is 1. The van der Waals surface area contributed by atoms with Gasteiger partial charge in [-0.1, -0.05) is 12.1 Å². The van der Waals surface area contributed by atoms with Crippen LogP contribution in [-0.2, 0) is 11.3 Å². The van der Waals surface area contributed by atoms with Crippen LogP contribution in [-0.4, -0.2) is 36.6 Å². The summed E-state index contributed by atoms with van der Waals surface area (Å²) in [5.41, 5.74) is 7.42. The lowest BCUT2D eigenvalue weighted by atomic mass is 10.1. The number of hydrogen-bond acceptors (Lipinski definition) is 3. The molecular weight excluding hydrogens is 252 g/mol. The van der Waals surface area contributed by atoms with E-state index in [0.717, 1.165) is 50.1 Å². The second-order valence-electron chi connectivity index (χ2n) is 5.82. The normalized spacial score (nSPS) is 21.9. The molecule has 2 fully saturated rings. The van der Waals surface area contributed by atoms with E-state index >= 15 is 0 Å². The molecule has 1 unspecified atom stereocenters. The topological polar surface area (TPSA) is 55.6 Å². The first-order valence-corrected chi connectivity index (χ1v) is 7.45. The minimum Gasteiger partial charge on any atom is -0.381 e. The van der Waals surface area contributed by atoms with Gasteiger partial charge >= 0.3 is 0 Å². The minimum atomic E-state index is 0.156. The van der Waals surface area contributed by atoms with Crippen molar-refractivity contribution >= 4 is 5.91 Å². The summed E-state index contributed by atoms with van der Waals surface area (Å²) in [6, 6.07) is 8.11. The fraction of sp³-hybridized carbons (Fsp3) is 0.562. The summed E-state index contributed by atoms with van der Waals surface area (Å²) in [5, 5.41) is 0. The van der Waals surface area contributed by atoms with Crippen molar-refractivity contribution in [2.24, 2.45) is 11.7 Å². The standard InChI is InChI=1S/C16H22N2O2/c17-9-12-1-3-14(4-2-12)16(19)18(15-5-6-15)10-13-7-8-20-11-13/h1-4,13,15H,5-11,17H2. The van der Waals surface area contributed by atoms with Crippen molar-refractivity contribution in [2.75, 3.05) is 19.8 Å². The van der Waals surface area contributed by atoms with Crippen LogP contribution in [0.1, 0.15) is 35.2 Å². The molecule has 2 N–H and O–H groups in total. The Kier molecular flexibility index (Phi) is 4.03. The summed E-state index contributed by atoms with van der Waals surface area (Å²) in [6.45, 7) is 2.98. The van der Waals surface area contributed by atoms with Gasteiger partial charge in [0.25, 0.3) is 5.91 Å². The molecule has 1 atom stereocenters. The maximum atomic E-state index is 12.7. The van der Waals surface area contributed by atoms with Crippen LogP contribution < -0.4 is 5.73 Å². The van der Waals surface area contributed by atoms with Gasteiger partial charge in [0.05, 0.1) is 6.61 Å². The predicted octanol–water partition coefficient (Wildman–Crippen LogP) is 1.79. The zero-order valence-corrected chi connectivity index (χ0v) is 11.8. The molecule has 1 aromatic rings. The Morgan fingerprint density at radius 2 is 2.00 bits per heavy atom. The van der Waals surface area contributed by atoms with E-state index in [1.165, 1.54) is 0 Å². The molecule has 1 heterocycles. The Balaban J connectivity index is 1.70. The average molecular weight is 274 g/mol. The molecule has 4 heteroatoms. The Labute approximate surface area is 119 Å². The average Bonchev–Trinajstić information content (AvgIpc) is 3.21. The van der Waals surface area contributed by atoms with Crippen LogP contribution in [0.2, 0.25) is 0 Å². The van der Waals surface area contributed by atoms with E-state index in [9.17, 15) is 4.79 Å². The van der Waals surface area contributed by atoms with Gasteiger partial charge in [0.1, 0.15) is 0 Å². The van der Waals surface area contributed by atoms with E-state index < -0.39 is 0 Å². The Morgan fingerprint density at radius 1 is 1.25 bits per heavy atom. The highest BCUT2D eigenvalue weighted by atomic mass is 16.5. The third kappa shape index (κ3) is 3.02. The molecule has 1 amide bonds. The predicted molar refractivity (Wildman–Crippen MR) is 77.3 cm³/mol. The maximum Gasteiger partial charge on any atom is 0.254 e. The highest BCUT2D eigenvalue weighted by Crippen LogP contribution is 2.30. The molecule has 0 radical (unpaired) electrons. The van der Waals surface area contributed by atoms with E-state index in [-0.39, 0.29) is 5.91 Å². The molecule has 4 nitrogen and oxygen atoms in total. The number of carbonyl (C=O) groups is 1. The third-order valence-corrected chi connectivity index (χ3v) is 4.16. The Bertz CT molecular complexity index is 462. The second kappa shape index (κ2) is 5.94. The molecule has 3 rings (SSSR count). The molecular formula is C16H22N2O2. The van der Waals surface area contributed by atoms with Crippen LogP contribution in [0.4, 0.5) is 0 Å². The molecule has 20 heavy (non-hydrogen) atoms. The first kappa shape index (κ1) is 13.6. The second-order valence-corrected chi connectivity index (χ2v) is 5.82. The number of nitrogens with two attached hydrogens (primary N) is 1. The van der Waals surface area contributed by atoms with E-state index in [4.69, 9.17) is 10.5 Å². The summed E-state index contributed by atoms with van der Waals surface area (Å²) in [4.78, 5) is 14.7. The summed E-state index contributed by atoms with van der Waals surface area (Å²) in [7, 11) is 0. The number of rotatable bonds is 5. The molecule has 2 aliphatic rings. The van der Waals surface area contributed by atoms with E-state index in [1.807, 2.05) is 24.3 Å². The first-order chi connectivity index (χ1) is 9.78. The zero-order valence-electron chi connectivity index (χ0n) is 11.8. The number of nitrogens with zero attached hydrogens (tertiary/aromatic N) is 1. The lowest BCUT2D eigenvalue weighted by Gasteiger charge is -2.25. The van der Waals surface area contributed by atoms with E-state index in [1.54, 1.807) is 0 Å². The minimum absolute atomic E-state index is 0.156. The van der Waals surface area contributed by atoms with Gasteiger partial charge in [0, 0.05) is 37.2 Å². The van der Waals surface area contributed by atoms with Crippen molar-refractivity contribution in [1.82, 2.24) is 4.90 Å². The first-order valence-electron chi connectivity index (χ1n) is 7.45. The fourth-order valence-corrected chi connectivity index (χ4v) is 2.74. The van der Waals surface area contributed by atoms with Crippen molar-refractivity contribution < 1.29 is 9.53 Å². The van der Waals surface area contributed by atoms with Gasteiger partial charge < -0.3 is 15.4 Å². The smallest absolute Gasteiger partial charge is 0.254 e. The molecule has 1 saturated carbocycles. The van der Waals surface area contributed by atoms with Crippen LogP contribution in [0.15, 0.2) is 24.3 Å². The summed E-state index contributed by atoms with van der Waals surface area (Å²) in [6.07, 6.45) is 3.35. The lowest BCUT2D eigenvalue weighted by molar-refractivity contribution is 0.0706. The van der Waals surface area contributed by atoms with Gasteiger partial charge in [0.2, 0.25) is 0 Å². The van der Waals surface area contributed by atoms with Crippen molar-refractivity contribution in [3.05, 3.63) is 35.4 Å². The zero-order chi connectivity index (χ0) is 13.9. The van der Waals surface area contributed by atoms with E-state index in [0.29, 0.717) is 18.5 Å². The third-order valence-electron chi connectivity index (χ3n) is 4.16. The quantitative estimate of drug-likeness (QED) is 0.890. The van der Waals surface area contributed by atoms with Crippen LogP contribution in [0.25, 0.3) is 0 Å². The monoisotopic (exact) mass is 274 g/mol. The number of benzene rings is 1. The summed E-state index contributed by atoms with van der Waals surface area (Å²) in [5.74, 6) is 0.658. The lowest BCUT2D eigenvalue weighted by Crippen LogP contribution is -2.37. The SMILES string of the molecule is NCc1ccc(C(=O)N(CC2CCOC2)C2CC2)cc1. The molecule has 1 aliphatic carbocycles. The summed E-state index contributed by atoms with van der Waals surface area (Å²) >= 11 is 0. The molecule has 0 bridgehead atoms. The van der Waals surface area contributed by atoms with Gasteiger partial charge in [-0.05, 0) is 37.0 Å². The number of carbonyl (C=O) groups excluding carboxylic acids is 1. The van der Waals surface area contributed by atoms with Gasteiger partial charge in [-0.15, -0.1) is 0 Å². The van der Waals surface area contributed by atoms with Crippen molar-refractivity contribution in [2.45, 2.75) is 31.8 Å². The number of amides is 1. The van der Waals surface area contributed by atoms with E-state index in [2.05, 4.69) is 4.90 Å². The molecule has 1 aromatic carbocycles. The molecule has 1 aliphatic heterocycles. The van der Waals surface area contributed by atoms with Gasteiger partial charge in [-0.3, -0.25) is 4.79 Å². The van der Waals surface area contributed by atoms with Crippen molar-refractivity contribution in [3.63, 3.8) is 0 Å².